The van der Waals surface area contributed by atoms with Crippen LogP contribution in [0.25, 0.3) is 0 Å². The second-order valence-corrected chi connectivity index (χ2v) is 8.14. The summed E-state index contributed by atoms with van der Waals surface area (Å²) in [5, 5.41) is 2.10. The number of fused-ring (bicyclic) bond motifs is 1. The lowest BCUT2D eigenvalue weighted by Crippen LogP contribution is -2.48. The van der Waals surface area contributed by atoms with E-state index in [0.29, 0.717) is 6.54 Å². The van der Waals surface area contributed by atoms with E-state index in [4.69, 9.17) is 4.74 Å². The molecule has 0 saturated heterocycles. The minimum atomic E-state index is -0.0992. The van der Waals surface area contributed by atoms with Crippen molar-refractivity contribution in [3.8, 4) is 0 Å². The maximum atomic E-state index is 13.3. The molecule has 1 fully saturated rings. The summed E-state index contributed by atoms with van der Waals surface area (Å²) in [5.74, 6) is -0.0881. The minimum absolute atomic E-state index is 0.0112. The lowest BCUT2D eigenvalue weighted by atomic mass is 9.93. The van der Waals surface area contributed by atoms with Gasteiger partial charge in [-0.1, -0.05) is 30.3 Å². The average molecular weight is 385 g/mol. The van der Waals surface area contributed by atoms with Gasteiger partial charge in [0, 0.05) is 24.6 Å². The number of carbonyl (C=O) groups is 2. The zero-order chi connectivity index (χ0) is 18.8. The average Bonchev–Trinajstić information content (AvgIpc) is 3.41. The van der Waals surface area contributed by atoms with Gasteiger partial charge in [-0.3, -0.25) is 9.59 Å². The first kappa shape index (κ1) is 18.2. The van der Waals surface area contributed by atoms with Crippen LogP contribution in [0.2, 0.25) is 0 Å². The normalized spacial score (nSPS) is 18.9. The Hall–Kier alpha value is -2.18. The van der Waals surface area contributed by atoms with E-state index in [-0.39, 0.29) is 37.0 Å². The molecule has 1 aromatic heterocycles. The van der Waals surface area contributed by atoms with Gasteiger partial charge in [0.15, 0.2) is 0 Å². The molecule has 6 heteroatoms. The molecule has 0 radical (unpaired) electrons. The van der Waals surface area contributed by atoms with Crippen LogP contribution in [0.3, 0.4) is 0 Å². The molecule has 27 heavy (non-hydrogen) atoms. The molecule has 0 spiro atoms. The molecule has 4 rings (SSSR count). The molecular weight excluding hydrogens is 360 g/mol. The van der Waals surface area contributed by atoms with E-state index in [0.717, 1.165) is 24.8 Å². The number of methoxy groups -OCH3 is 1. The molecule has 1 aliphatic carbocycles. The molecule has 1 aromatic carbocycles. The van der Waals surface area contributed by atoms with Gasteiger partial charge < -0.3 is 14.5 Å². The molecule has 142 valence electrons. The number of hydrogen-bond donors (Lipinski definition) is 0. The largest absolute Gasteiger partial charge is 0.375 e. The SMILES string of the molecule is COCC(=O)N(CC(=O)N1CCc2sccc2C1c1ccccc1)C1CC1. The van der Waals surface area contributed by atoms with Crippen LogP contribution in [-0.2, 0) is 20.7 Å². The Morgan fingerprint density at radius 1 is 1.22 bits per heavy atom. The number of carbonyl (C=O) groups excluding carboxylic acids is 2. The number of ether oxygens (including phenoxy) is 1. The number of amides is 2. The highest BCUT2D eigenvalue weighted by Gasteiger charge is 2.37. The van der Waals surface area contributed by atoms with Gasteiger partial charge in [0.2, 0.25) is 11.8 Å². The number of nitrogens with zero attached hydrogens (tertiary/aromatic N) is 2. The molecule has 2 heterocycles. The van der Waals surface area contributed by atoms with Gasteiger partial charge in [0.1, 0.15) is 13.2 Å². The molecular formula is C21H24N2O3S. The van der Waals surface area contributed by atoms with Crippen molar-refractivity contribution in [3.05, 3.63) is 57.8 Å². The Morgan fingerprint density at radius 3 is 2.70 bits per heavy atom. The third kappa shape index (κ3) is 3.77. The van der Waals surface area contributed by atoms with Crippen LogP contribution >= 0.6 is 11.3 Å². The molecule has 1 saturated carbocycles. The standard InChI is InChI=1S/C21H24N2O3S/c1-26-14-20(25)23(16-7-8-16)13-19(24)22-11-9-18-17(10-12-27-18)21(22)15-5-3-2-4-6-15/h2-6,10,12,16,21H,7-9,11,13-14H2,1H3. The fourth-order valence-electron chi connectivity index (χ4n) is 3.83. The lowest BCUT2D eigenvalue weighted by Gasteiger charge is -2.37. The van der Waals surface area contributed by atoms with Crippen LogP contribution in [-0.4, -0.2) is 54.5 Å². The Balaban J connectivity index is 1.59. The summed E-state index contributed by atoms with van der Waals surface area (Å²) in [7, 11) is 1.51. The third-order valence-corrected chi connectivity index (χ3v) is 6.28. The van der Waals surface area contributed by atoms with Gasteiger partial charge in [-0.15, -0.1) is 11.3 Å². The molecule has 0 bridgehead atoms. The summed E-state index contributed by atoms with van der Waals surface area (Å²) < 4.78 is 5.00. The van der Waals surface area contributed by atoms with E-state index in [1.807, 2.05) is 23.1 Å². The van der Waals surface area contributed by atoms with Crippen LogP contribution in [0, 0.1) is 0 Å². The Morgan fingerprint density at radius 2 is 2.00 bits per heavy atom. The number of hydrogen-bond acceptors (Lipinski definition) is 4. The summed E-state index contributed by atoms with van der Waals surface area (Å²) in [6, 6.07) is 12.4. The van der Waals surface area contributed by atoms with E-state index in [1.165, 1.54) is 17.6 Å². The smallest absolute Gasteiger partial charge is 0.249 e. The minimum Gasteiger partial charge on any atom is -0.375 e. The first-order valence-corrected chi connectivity index (χ1v) is 10.3. The van der Waals surface area contributed by atoms with Gasteiger partial charge in [0.25, 0.3) is 0 Å². The van der Waals surface area contributed by atoms with E-state index in [9.17, 15) is 9.59 Å². The summed E-state index contributed by atoms with van der Waals surface area (Å²) in [5.41, 5.74) is 2.33. The van der Waals surface area contributed by atoms with Crippen LogP contribution < -0.4 is 0 Å². The van der Waals surface area contributed by atoms with Gasteiger partial charge >= 0.3 is 0 Å². The van der Waals surface area contributed by atoms with Crippen molar-refractivity contribution in [2.24, 2.45) is 0 Å². The van der Waals surface area contributed by atoms with Gasteiger partial charge in [-0.05, 0) is 41.8 Å². The summed E-state index contributed by atoms with van der Waals surface area (Å²) in [6.45, 7) is 0.846. The van der Waals surface area contributed by atoms with Crippen molar-refractivity contribution < 1.29 is 14.3 Å². The third-order valence-electron chi connectivity index (χ3n) is 5.28. The van der Waals surface area contributed by atoms with E-state index in [1.54, 1.807) is 16.2 Å². The molecule has 1 atom stereocenters. The zero-order valence-corrected chi connectivity index (χ0v) is 16.3. The van der Waals surface area contributed by atoms with Gasteiger partial charge in [-0.25, -0.2) is 0 Å². The fraction of sp³-hybridized carbons (Fsp3) is 0.429. The molecule has 1 unspecified atom stereocenters. The van der Waals surface area contributed by atoms with Gasteiger partial charge in [0.05, 0.1) is 6.04 Å². The Labute approximate surface area is 163 Å². The molecule has 2 aromatic rings. The van der Waals surface area contributed by atoms with E-state index in [2.05, 4.69) is 23.6 Å². The highest BCUT2D eigenvalue weighted by molar-refractivity contribution is 7.10. The maximum absolute atomic E-state index is 13.3. The summed E-state index contributed by atoms with van der Waals surface area (Å²) >= 11 is 1.76. The monoisotopic (exact) mass is 384 g/mol. The second kappa shape index (κ2) is 7.82. The second-order valence-electron chi connectivity index (χ2n) is 7.14. The topological polar surface area (TPSA) is 49.9 Å². The van der Waals surface area contributed by atoms with Crippen molar-refractivity contribution in [2.45, 2.75) is 31.3 Å². The quantitative estimate of drug-likeness (QED) is 0.770. The molecule has 0 N–H and O–H groups in total. The van der Waals surface area contributed by atoms with Crippen molar-refractivity contribution in [2.75, 3.05) is 26.8 Å². The first-order valence-electron chi connectivity index (χ1n) is 9.38. The zero-order valence-electron chi connectivity index (χ0n) is 15.5. The number of benzene rings is 1. The molecule has 5 nitrogen and oxygen atoms in total. The van der Waals surface area contributed by atoms with Crippen LogP contribution in [0.1, 0.15) is 34.9 Å². The number of thiophene rings is 1. The van der Waals surface area contributed by atoms with Crippen molar-refractivity contribution in [1.29, 1.82) is 0 Å². The predicted octanol–water partition coefficient (Wildman–Crippen LogP) is 2.86. The fourth-order valence-corrected chi connectivity index (χ4v) is 4.73. The van der Waals surface area contributed by atoms with Crippen molar-refractivity contribution in [3.63, 3.8) is 0 Å². The van der Waals surface area contributed by atoms with Crippen LogP contribution in [0.15, 0.2) is 41.8 Å². The van der Waals surface area contributed by atoms with Crippen LogP contribution in [0.5, 0.6) is 0 Å². The maximum Gasteiger partial charge on any atom is 0.249 e. The number of rotatable bonds is 6. The summed E-state index contributed by atoms with van der Waals surface area (Å²) in [4.78, 5) is 30.6. The Bertz CT molecular complexity index is 816. The lowest BCUT2D eigenvalue weighted by molar-refractivity contribution is -0.144. The van der Waals surface area contributed by atoms with Crippen LogP contribution in [0.4, 0.5) is 0 Å². The van der Waals surface area contributed by atoms with E-state index >= 15 is 0 Å². The van der Waals surface area contributed by atoms with Crippen molar-refractivity contribution in [1.82, 2.24) is 9.80 Å². The first-order chi connectivity index (χ1) is 13.2. The Kier molecular flexibility index (Phi) is 5.27. The van der Waals surface area contributed by atoms with Gasteiger partial charge in [-0.2, -0.15) is 0 Å². The molecule has 2 aliphatic rings. The highest BCUT2D eigenvalue weighted by Crippen LogP contribution is 2.38. The summed E-state index contributed by atoms with van der Waals surface area (Å²) in [6.07, 6.45) is 2.82. The highest BCUT2D eigenvalue weighted by atomic mass is 32.1. The van der Waals surface area contributed by atoms with E-state index < -0.39 is 0 Å². The predicted molar refractivity (Wildman–Crippen MR) is 105 cm³/mol. The molecule has 1 aliphatic heterocycles. The molecule has 2 amide bonds. The van der Waals surface area contributed by atoms with Crippen molar-refractivity contribution >= 4 is 23.2 Å².